The number of nitrogens with zero attached hydrogens (tertiary/aromatic N) is 1. The minimum Gasteiger partial charge on any atom is -0.493 e. The maximum Gasteiger partial charge on any atom is 0.169 e. The van der Waals surface area contributed by atoms with Crippen molar-refractivity contribution in [2.75, 3.05) is 13.7 Å². The summed E-state index contributed by atoms with van der Waals surface area (Å²) in [7, 11) is 2.17. The van der Waals surface area contributed by atoms with Crippen LogP contribution in [0.3, 0.4) is 0 Å². The normalized spacial score (nSPS) is 28.4. The second-order valence-corrected chi connectivity index (χ2v) is 6.51. The average Bonchev–Trinajstić information content (AvgIpc) is 2.48. The number of piperidine rings is 2. The summed E-state index contributed by atoms with van der Waals surface area (Å²) in [6.07, 6.45) is 5.35. The number of fused-ring (bicyclic) bond motifs is 2. The van der Waals surface area contributed by atoms with Crippen molar-refractivity contribution in [3.8, 4) is 5.75 Å². The van der Waals surface area contributed by atoms with Crippen LogP contribution in [0.1, 0.15) is 49.4 Å². The van der Waals surface area contributed by atoms with Crippen LogP contribution in [0.4, 0.5) is 4.39 Å². The Morgan fingerprint density at radius 1 is 1.32 bits per heavy atom. The van der Waals surface area contributed by atoms with Gasteiger partial charge >= 0.3 is 0 Å². The molecule has 4 heteroatoms. The molecule has 2 fully saturated rings. The van der Waals surface area contributed by atoms with E-state index in [2.05, 4.69) is 11.9 Å². The Hall–Kier alpha value is -1.42. The number of rotatable bonds is 4. The van der Waals surface area contributed by atoms with Gasteiger partial charge in [-0.15, -0.1) is 0 Å². The molecule has 22 heavy (non-hydrogen) atoms. The summed E-state index contributed by atoms with van der Waals surface area (Å²) < 4.78 is 19.1. The number of hydrogen-bond acceptors (Lipinski definition) is 3. The largest absolute Gasteiger partial charge is 0.493 e. The van der Waals surface area contributed by atoms with Crippen LogP contribution < -0.4 is 4.74 Å². The topological polar surface area (TPSA) is 29.5 Å². The molecule has 0 N–H and O–H groups in total. The zero-order chi connectivity index (χ0) is 15.7. The lowest BCUT2D eigenvalue weighted by Gasteiger charge is -2.46. The quantitative estimate of drug-likeness (QED) is 0.795. The first-order valence-corrected chi connectivity index (χ1v) is 8.28. The second-order valence-electron chi connectivity index (χ2n) is 6.51. The lowest BCUT2D eigenvalue weighted by atomic mass is 9.76. The number of benzene rings is 1. The van der Waals surface area contributed by atoms with Gasteiger partial charge in [-0.05, 0) is 57.9 Å². The highest BCUT2D eigenvalue weighted by Crippen LogP contribution is 2.38. The SMILES string of the molecule is CCOc1ccc(F)cc1C(=O)C1CC2CCCC(C1)N2C. The summed E-state index contributed by atoms with van der Waals surface area (Å²) in [6.45, 7) is 2.35. The summed E-state index contributed by atoms with van der Waals surface area (Å²) in [6, 6.07) is 5.24. The van der Waals surface area contributed by atoms with Crippen LogP contribution in [0, 0.1) is 11.7 Å². The van der Waals surface area contributed by atoms with Crippen LogP contribution in [-0.4, -0.2) is 36.4 Å². The third kappa shape index (κ3) is 2.89. The monoisotopic (exact) mass is 305 g/mol. The summed E-state index contributed by atoms with van der Waals surface area (Å²) >= 11 is 0. The highest BCUT2D eigenvalue weighted by atomic mass is 19.1. The molecule has 0 aromatic heterocycles. The maximum absolute atomic E-state index is 13.6. The van der Waals surface area contributed by atoms with Gasteiger partial charge in [-0.1, -0.05) is 6.42 Å². The fourth-order valence-corrected chi connectivity index (χ4v) is 4.03. The summed E-state index contributed by atoms with van der Waals surface area (Å²) in [5.74, 6) is 0.179. The molecular formula is C18H24FNO2. The third-order valence-corrected chi connectivity index (χ3v) is 5.22. The minimum atomic E-state index is -0.375. The Morgan fingerprint density at radius 3 is 2.64 bits per heavy atom. The van der Waals surface area contributed by atoms with Gasteiger partial charge in [0.1, 0.15) is 11.6 Å². The van der Waals surface area contributed by atoms with Crippen molar-refractivity contribution >= 4 is 5.78 Å². The molecular weight excluding hydrogens is 281 g/mol. The van der Waals surface area contributed by atoms with E-state index >= 15 is 0 Å². The highest BCUT2D eigenvalue weighted by molar-refractivity contribution is 6.00. The van der Waals surface area contributed by atoms with E-state index in [4.69, 9.17) is 4.74 Å². The van der Waals surface area contributed by atoms with Crippen molar-refractivity contribution in [2.45, 2.75) is 51.1 Å². The number of carbonyl (C=O) groups is 1. The third-order valence-electron chi connectivity index (χ3n) is 5.22. The molecule has 0 spiro atoms. The standard InChI is InChI=1S/C18H24FNO2/c1-3-22-17-8-7-13(19)11-16(17)18(21)12-9-14-5-4-6-15(10-12)20(14)2/h7-8,11-12,14-15H,3-6,9-10H2,1-2H3. The molecule has 2 aliphatic rings. The molecule has 3 rings (SSSR count). The molecule has 0 amide bonds. The van der Waals surface area contributed by atoms with Crippen molar-refractivity contribution in [1.82, 2.24) is 4.90 Å². The van der Waals surface area contributed by atoms with E-state index in [1.807, 2.05) is 6.92 Å². The van der Waals surface area contributed by atoms with Gasteiger partial charge in [0.15, 0.2) is 5.78 Å². The first kappa shape index (κ1) is 15.5. The van der Waals surface area contributed by atoms with Gasteiger partial charge in [0.2, 0.25) is 0 Å². The van der Waals surface area contributed by atoms with Crippen LogP contribution in [0.5, 0.6) is 5.75 Å². The van der Waals surface area contributed by atoms with Gasteiger partial charge in [0.05, 0.1) is 12.2 Å². The second kappa shape index (κ2) is 6.37. The maximum atomic E-state index is 13.6. The fourth-order valence-electron chi connectivity index (χ4n) is 4.03. The minimum absolute atomic E-state index is 0.00694. The molecule has 1 aromatic carbocycles. The lowest BCUT2D eigenvalue weighted by Crippen LogP contribution is -2.51. The van der Waals surface area contributed by atoms with Crippen LogP contribution in [-0.2, 0) is 0 Å². The molecule has 2 unspecified atom stereocenters. The van der Waals surface area contributed by atoms with Crippen LogP contribution in [0.2, 0.25) is 0 Å². The smallest absolute Gasteiger partial charge is 0.169 e. The molecule has 120 valence electrons. The van der Waals surface area contributed by atoms with Crippen molar-refractivity contribution in [2.24, 2.45) is 5.92 Å². The number of ether oxygens (including phenoxy) is 1. The number of ketones is 1. The van der Waals surface area contributed by atoms with Crippen molar-refractivity contribution in [3.05, 3.63) is 29.6 Å². The Labute approximate surface area is 131 Å². The molecule has 0 saturated carbocycles. The van der Waals surface area contributed by atoms with Gasteiger partial charge in [-0.25, -0.2) is 4.39 Å². The van der Waals surface area contributed by atoms with Crippen molar-refractivity contribution in [3.63, 3.8) is 0 Å². The van der Waals surface area contributed by atoms with E-state index in [9.17, 15) is 9.18 Å². The molecule has 2 heterocycles. The molecule has 3 nitrogen and oxygen atoms in total. The molecule has 0 radical (unpaired) electrons. The Kier molecular flexibility index (Phi) is 4.48. The summed E-state index contributed by atoms with van der Waals surface area (Å²) in [5.41, 5.74) is 0.412. The number of halogens is 1. The molecule has 2 saturated heterocycles. The van der Waals surface area contributed by atoms with Gasteiger partial charge in [0.25, 0.3) is 0 Å². The van der Waals surface area contributed by atoms with Crippen LogP contribution in [0.25, 0.3) is 0 Å². The first-order valence-electron chi connectivity index (χ1n) is 8.28. The van der Waals surface area contributed by atoms with E-state index in [0.29, 0.717) is 30.0 Å². The number of hydrogen-bond donors (Lipinski definition) is 0. The summed E-state index contributed by atoms with van der Waals surface area (Å²) in [5, 5.41) is 0. The van der Waals surface area contributed by atoms with E-state index in [-0.39, 0.29) is 17.5 Å². The van der Waals surface area contributed by atoms with E-state index < -0.39 is 0 Å². The Morgan fingerprint density at radius 2 is 2.00 bits per heavy atom. The first-order chi connectivity index (χ1) is 10.6. The lowest BCUT2D eigenvalue weighted by molar-refractivity contribution is 0.0337. The van der Waals surface area contributed by atoms with Crippen molar-refractivity contribution in [1.29, 1.82) is 0 Å². The molecule has 1 aromatic rings. The summed E-state index contributed by atoms with van der Waals surface area (Å²) in [4.78, 5) is 15.4. The zero-order valence-corrected chi connectivity index (χ0v) is 13.3. The zero-order valence-electron chi connectivity index (χ0n) is 13.3. The van der Waals surface area contributed by atoms with Crippen LogP contribution in [0.15, 0.2) is 18.2 Å². The predicted molar refractivity (Wildman–Crippen MR) is 83.8 cm³/mol. The van der Waals surface area contributed by atoms with E-state index in [1.165, 1.54) is 18.6 Å². The number of Topliss-reactive ketones (excluding diaryl/α,β-unsaturated/α-hetero) is 1. The molecule has 2 aliphatic heterocycles. The predicted octanol–water partition coefficient (Wildman–Crippen LogP) is 3.67. The molecule has 2 atom stereocenters. The van der Waals surface area contributed by atoms with Gasteiger partial charge in [-0.3, -0.25) is 4.79 Å². The highest BCUT2D eigenvalue weighted by Gasteiger charge is 2.39. The van der Waals surface area contributed by atoms with Gasteiger partial charge < -0.3 is 9.64 Å². The van der Waals surface area contributed by atoms with Gasteiger partial charge in [-0.2, -0.15) is 0 Å². The molecule has 0 aliphatic carbocycles. The number of carbonyl (C=O) groups excluding carboxylic acids is 1. The Balaban J connectivity index is 1.83. The Bertz CT molecular complexity index is 546. The van der Waals surface area contributed by atoms with Crippen LogP contribution >= 0.6 is 0 Å². The van der Waals surface area contributed by atoms with Gasteiger partial charge in [0, 0.05) is 18.0 Å². The van der Waals surface area contributed by atoms with Crippen molar-refractivity contribution < 1.29 is 13.9 Å². The van der Waals surface area contributed by atoms with E-state index in [0.717, 1.165) is 25.7 Å². The molecule has 2 bridgehead atoms. The fraction of sp³-hybridized carbons (Fsp3) is 0.611. The van der Waals surface area contributed by atoms with E-state index in [1.54, 1.807) is 6.07 Å². The average molecular weight is 305 g/mol.